The molecule has 0 N–H and O–H groups in total. The molecular weight excluding hydrogens is 284 g/mol. The highest BCUT2D eigenvalue weighted by atomic mass is 16.5. The van der Waals surface area contributed by atoms with Crippen LogP contribution in [0.5, 0.6) is 0 Å². The number of hydrogen-bond acceptors (Lipinski definition) is 4. The van der Waals surface area contributed by atoms with Crippen molar-refractivity contribution in [2.24, 2.45) is 0 Å². The van der Waals surface area contributed by atoms with E-state index in [0.717, 1.165) is 6.42 Å². The van der Waals surface area contributed by atoms with E-state index in [2.05, 4.69) is 0 Å². The maximum absolute atomic E-state index is 12.5. The number of nitrogens with zero attached hydrogens (tertiary/aromatic N) is 2. The van der Waals surface area contributed by atoms with Gasteiger partial charge in [0.25, 0.3) is 0 Å². The Labute approximate surface area is 129 Å². The standard InChI is InChI=1S/C16H20N2O4/c1-3-18(15(20)11-17-10-6-9-14(17)19)13-8-5-4-7-12(13)16(21)22-2/h4-5,7-8H,3,6,9-11H2,1-2H3. The van der Waals surface area contributed by atoms with Crippen LogP contribution < -0.4 is 4.90 Å². The Hall–Kier alpha value is -2.37. The molecule has 0 bridgehead atoms. The van der Waals surface area contributed by atoms with Crippen molar-refractivity contribution < 1.29 is 19.1 Å². The lowest BCUT2D eigenvalue weighted by molar-refractivity contribution is -0.132. The van der Waals surface area contributed by atoms with Crippen molar-refractivity contribution in [2.45, 2.75) is 19.8 Å². The minimum atomic E-state index is -0.487. The second-order valence-electron chi connectivity index (χ2n) is 5.07. The Morgan fingerprint density at radius 1 is 1.32 bits per heavy atom. The summed E-state index contributed by atoms with van der Waals surface area (Å²) in [6.07, 6.45) is 1.29. The predicted octanol–water partition coefficient (Wildman–Crippen LogP) is 1.45. The Kier molecular flexibility index (Phi) is 5.14. The molecule has 0 aliphatic carbocycles. The SMILES string of the molecule is CCN(C(=O)CN1CCCC1=O)c1ccccc1C(=O)OC. The molecule has 6 nitrogen and oxygen atoms in total. The third kappa shape index (κ3) is 3.27. The highest BCUT2D eigenvalue weighted by molar-refractivity contribution is 6.03. The van der Waals surface area contributed by atoms with Gasteiger partial charge in [-0.15, -0.1) is 0 Å². The molecule has 6 heteroatoms. The number of carbonyl (C=O) groups is 3. The summed E-state index contributed by atoms with van der Waals surface area (Å²) < 4.78 is 4.76. The molecule has 1 heterocycles. The average Bonchev–Trinajstić information content (AvgIpc) is 2.93. The first kappa shape index (κ1) is 16.0. The van der Waals surface area contributed by atoms with E-state index >= 15 is 0 Å². The van der Waals surface area contributed by atoms with Crippen LogP contribution in [0.1, 0.15) is 30.1 Å². The van der Waals surface area contributed by atoms with Crippen molar-refractivity contribution in [3.05, 3.63) is 29.8 Å². The maximum atomic E-state index is 12.5. The lowest BCUT2D eigenvalue weighted by atomic mass is 10.1. The molecule has 0 saturated carbocycles. The van der Waals surface area contributed by atoms with Gasteiger partial charge >= 0.3 is 5.97 Å². The van der Waals surface area contributed by atoms with Gasteiger partial charge in [-0.3, -0.25) is 9.59 Å². The summed E-state index contributed by atoms with van der Waals surface area (Å²) in [4.78, 5) is 39.1. The summed E-state index contributed by atoms with van der Waals surface area (Å²) in [5, 5.41) is 0. The molecule has 22 heavy (non-hydrogen) atoms. The Morgan fingerprint density at radius 2 is 2.05 bits per heavy atom. The maximum Gasteiger partial charge on any atom is 0.339 e. The van der Waals surface area contributed by atoms with Crippen molar-refractivity contribution in [3.8, 4) is 0 Å². The molecule has 118 valence electrons. The van der Waals surface area contributed by atoms with E-state index in [9.17, 15) is 14.4 Å². The summed E-state index contributed by atoms with van der Waals surface area (Å²) in [6.45, 7) is 2.90. The average molecular weight is 304 g/mol. The number of para-hydroxylation sites is 1. The van der Waals surface area contributed by atoms with Crippen molar-refractivity contribution >= 4 is 23.5 Å². The lowest BCUT2D eigenvalue weighted by Crippen LogP contribution is -2.41. The summed E-state index contributed by atoms with van der Waals surface area (Å²) in [5.74, 6) is -0.682. The number of likely N-dealkylation sites (tertiary alicyclic amines) is 1. The van der Waals surface area contributed by atoms with Crippen LogP contribution in [0.15, 0.2) is 24.3 Å². The normalized spacial score (nSPS) is 14.1. The van der Waals surface area contributed by atoms with Gasteiger partial charge in [0.05, 0.1) is 18.4 Å². The molecule has 2 amide bonds. The van der Waals surface area contributed by atoms with E-state index in [-0.39, 0.29) is 18.4 Å². The molecule has 0 spiro atoms. The lowest BCUT2D eigenvalue weighted by Gasteiger charge is -2.25. The van der Waals surface area contributed by atoms with Crippen LogP contribution in [0.2, 0.25) is 0 Å². The minimum absolute atomic E-state index is 0.00524. The van der Waals surface area contributed by atoms with Crippen LogP contribution in [-0.2, 0) is 14.3 Å². The number of esters is 1. The molecule has 0 atom stereocenters. The predicted molar refractivity (Wildman–Crippen MR) is 81.6 cm³/mol. The van der Waals surface area contributed by atoms with Crippen LogP contribution in [0.4, 0.5) is 5.69 Å². The molecule has 1 fully saturated rings. The summed E-state index contributed by atoms with van der Waals surface area (Å²) >= 11 is 0. The van der Waals surface area contributed by atoms with E-state index in [1.807, 2.05) is 6.92 Å². The largest absolute Gasteiger partial charge is 0.465 e. The van der Waals surface area contributed by atoms with Crippen molar-refractivity contribution in [1.82, 2.24) is 4.90 Å². The number of likely N-dealkylation sites (N-methyl/N-ethyl adjacent to an activating group) is 1. The van der Waals surface area contributed by atoms with Crippen molar-refractivity contribution in [2.75, 3.05) is 31.6 Å². The number of rotatable bonds is 5. The summed E-state index contributed by atoms with van der Waals surface area (Å²) in [6, 6.07) is 6.81. The van der Waals surface area contributed by atoms with Crippen LogP contribution in [-0.4, -0.2) is 49.4 Å². The highest BCUT2D eigenvalue weighted by Crippen LogP contribution is 2.22. The van der Waals surface area contributed by atoms with Gasteiger partial charge in [-0.1, -0.05) is 12.1 Å². The smallest absolute Gasteiger partial charge is 0.339 e. The number of anilines is 1. The van der Waals surface area contributed by atoms with Gasteiger partial charge in [0.1, 0.15) is 6.54 Å². The molecule has 1 aromatic carbocycles. The Bertz CT molecular complexity index is 585. The zero-order valence-electron chi connectivity index (χ0n) is 12.9. The van der Waals surface area contributed by atoms with E-state index in [0.29, 0.717) is 30.8 Å². The molecule has 1 aliphatic rings. The fourth-order valence-corrected chi connectivity index (χ4v) is 2.59. The van der Waals surface area contributed by atoms with E-state index in [1.54, 1.807) is 29.2 Å². The zero-order chi connectivity index (χ0) is 16.1. The van der Waals surface area contributed by atoms with E-state index in [4.69, 9.17) is 4.74 Å². The van der Waals surface area contributed by atoms with Crippen LogP contribution in [0, 0.1) is 0 Å². The van der Waals surface area contributed by atoms with Crippen molar-refractivity contribution in [1.29, 1.82) is 0 Å². The van der Waals surface area contributed by atoms with E-state index in [1.165, 1.54) is 12.0 Å². The highest BCUT2D eigenvalue weighted by Gasteiger charge is 2.26. The number of ether oxygens (including phenoxy) is 1. The topological polar surface area (TPSA) is 66.9 Å². The van der Waals surface area contributed by atoms with Gasteiger partial charge in [0.2, 0.25) is 11.8 Å². The Balaban J connectivity index is 2.22. The van der Waals surface area contributed by atoms with Gasteiger partial charge in [-0.2, -0.15) is 0 Å². The molecule has 1 aliphatic heterocycles. The third-order valence-electron chi connectivity index (χ3n) is 3.71. The molecule has 0 radical (unpaired) electrons. The zero-order valence-corrected chi connectivity index (χ0v) is 12.9. The molecule has 1 aromatic rings. The fourth-order valence-electron chi connectivity index (χ4n) is 2.59. The quantitative estimate of drug-likeness (QED) is 0.772. The molecule has 0 unspecified atom stereocenters. The molecule has 2 rings (SSSR count). The summed E-state index contributed by atoms with van der Waals surface area (Å²) in [7, 11) is 1.31. The van der Waals surface area contributed by atoms with Gasteiger partial charge in [-0.25, -0.2) is 4.79 Å². The number of benzene rings is 1. The van der Waals surface area contributed by atoms with Crippen LogP contribution in [0.25, 0.3) is 0 Å². The van der Waals surface area contributed by atoms with Gasteiger partial charge in [0.15, 0.2) is 0 Å². The van der Waals surface area contributed by atoms with Gasteiger partial charge in [0, 0.05) is 19.5 Å². The van der Waals surface area contributed by atoms with Crippen molar-refractivity contribution in [3.63, 3.8) is 0 Å². The number of amides is 2. The molecule has 0 aromatic heterocycles. The first-order valence-electron chi connectivity index (χ1n) is 7.34. The summed E-state index contributed by atoms with van der Waals surface area (Å²) in [5.41, 5.74) is 0.849. The molecule has 1 saturated heterocycles. The Morgan fingerprint density at radius 3 is 2.64 bits per heavy atom. The third-order valence-corrected chi connectivity index (χ3v) is 3.71. The number of methoxy groups -OCH3 is 1. The first-order chi connectivity index (χ1) is 10.6. The van der Waals surface area contributed by atoms with Gasteiger partial charge < -0.3 is 14.5 Å². The fraction of sp³-hybridized carbons (Fsp3) is 0.438. The van der Waals surface area contributed by atoms with E-state index < -0.39 is 5.97 Å². The number of carbonyl (C=O) groups excluding carboxylic acids is 3. The van der Waals surface area contributed by atoms with Crippen LogP contribution >= 0.6 is 0 Å². The second-order valence-corrected chi connectivity index (χ2v) is 5.07. The van der Waals surface area contributed by atoms with Gasteiger partial charge in [-0.05, 0) is 25.5 Å². The second kappa shape index (κ2) is 7.06. The first-order valence-corrected chi connectivity index (χ1v) is 7.34. The number of hydrogen-bond donors (Lipinski definition) is 0. The van der Waals surface area contributed by atoms with Crippen LogP contribution in [0.3, 0.4) is 0 Å². The molecular formula is C16H20N2O4. The monoisotopic (exact) mass is 304 g/mol. The minimum Gasteiger partial charge on any atom is -0.465 e.